The molecule has 0 amide bonds. The molecule has 0 radical (unpaired) electrons. The molecule has 0 atom stereocenters. The summed E-state index contributed by atoms with van der Waals surface area (Å²) in [6.45, 7) is -0.0565. The molecular weight excluding hydrogens is 406 g/mol. The number of nitrogens with zero attached hydrogens (tertiary/aromatic N) is 6. The van der Waals surface area contributed by atoms with E-state index in [0.717, 1.165) is 10.6 Å². The van der Waals surface area contributed by atoms with Crippen LogP contribution in [0.4, 0.5) is 23.4 Å². The standard InChI is InChI=1S/C15H10ClF4N7O/c16-10-12(22-11(23-13(10)28)7-1-2-21-8(17)5-7)26-3-4-27-9(6-26)24-25-14(27)15(18,19)20/h1-2,5H,3-4,6H2,(H,22,23,28). The van der Waals surface area contributed by atoms with E-state index < -0.39 is 23.5 Å². The third kappa shape index (κ3) is 3.19. The fourth-order valence-corrected chi connectivity index (χ4v) is 3.10. The van der Waals surface area contributed by atoms with Crippen LogP contribution in [-0.2, 0) is 19.3 Å². The van der Waals surface area contributed by atoms with Gasteiger partial charge in [0, 0.05) is 30.9 Å². The van der Waals surface area contributed by atoms with Crippen LogP contribution in [0.1, 0.15) is 11.6 Å². The van der Waals surface area contributed by atoms with Gasteiger partial charge in [0.05, 0.1) is 6.54 Å². The minimum atomic E-state index is -4.62. The van der Waals surface area contributed by atoms with E-state index in [1.807, 2.05) is 0 Å². The molecule has 1 N–H and O–H groups in total. The van der Waals surface area contributed by atoms with Gasteiger partial charge in [-0.05, 0) is 6.07 Å². The van der Waals surface area contributed by atoms with Crippen molar-refractivity contribution in [3.8, 4) is 11.4 Å². The summed E-state index contributed by atoms with van der Waals surface area (Å²) in [6, 6.07) is 2.53. The molecule has 8 nitrogen and oxygen atoms in total. The lowest BCUT2D eigenvalue weighted by molar-refractivity contribution is -0.147. The molecule has 0 aliphatic carbocycles. The van der Waals surface area contributed by atoms with E-state index in [-0.39, 0.29) is 47.7 Å². The van der Waals surface area contributed by atoms with Crippen molar-refractivity contribution < 1.29 is 17.6 Å². The zero-order chi connectivity index (χ0) is 20.1. The van der Waals surface area contributed by atoms with E-state index in [9.17, 15) is 22.4 Å². The SMILES string of the molecule is O=c1[nH]c(-c2ccnc(F)c2)nc(N2CCn3c(nnc3C(F)(F)F)C2)c1Cl. The van der Waals surface area contributed by atoms with Crippen molar-refractivity contribution in [1.29, 1.82) is 0 Å². The average molecular weight is 416 g/mol. The second-order valence-corrected chi connectivity index (χ2v) is 6.31. The fraction of sp³-hybridized carbons (Fsp3) is 0.267. The van der Waals surface area contributed by atoms with Crippen molar-refractivity contribution >= 4 is 17.4 Å². The van der Waals surface area contributed by atoms with Gasteiger partial charge in [-0.3, -0.25) is 4.79 Å². The maximum absolute atomic E-state index is 13.4. The Morgan fingerprint density at radius 3 is 2.71 bits per heavy atom. The van der Waals surface area contributed by atoms with Gasteiger partial charge in [0.25, 0.3) is 5.56 Å². The van der Waals surface area contributed by atoms with Crippen molar-refractivity contribution in [2.24, 2.45) is 0 Å². The summed E-state index contributed by atoms with van der Waals surface area (Å²) in [6.07, 6.45) is -3.41. The smallest absolute Gasteiger partial charge is 0.346 e. The molecule has 3 aromatic rings. The Balaban J connectivity index is 1.72. The Bertz CT molecular complexity index is 1110. The van der Waals surface area contributed by atoms with Crippen LogP contribution in [0, 0.1) is 5.95 Å². The van der Waals surface area contributed by atoms with Crippen LogP contribution >= 0.6 is 11.6 Å². The van der Waals surface area contributed by atoms with E-state index in [1.54, 1.807) is 0 Å². The molecule has 0 spiro atoms. The largest absolute Gasteiger partial charge is 0.451 e. The van der Waals surface area contributed by atoms with Crippen molar-refractivity contribution in [1.82, 2.24) is 29.7 Å². The third-order valence-corrected chi connectivity index (χ3v) is 4.49. The number of nitrogens with one attached hydrogen (secondary N) is 1. The molecule has 3 aromatic heterocycles. The number of rotatable bonds is 2. The van der Waals surface area contributed by atoms with Crippen molar-refractivity contribution in [2.45, 2.75) is 19.3 Å². The van der Waals surface area contributed by atoms with Gasteiger partial charge in [0.15, 0.2) is 11.6 Å². The highest BCUT2D eigenvalue weighted by molar-refractivity contribution is 6.32. The lowest BCUT2D eigenvalue weighted by atomic mass is 10.2. The number of aromatic nitrogens is 6. The number of pyridine rings is 1. The van der Waals surface area contributed by atoms with Crippen LogP contribution < -0.4 is 10.5 Å². The Morgan fingerprint density at radius 2 is 2.00 bits per heavy atom. The molecule has 0 saturated carbocycles. The molecule has 28 heavy (non-hydrogen) atoms. The van der Waals surface area contributed by atoms with Gasteiger partial charge in [0.2, 0.25) is 11.8 Å². The Labute approximate surface area is 158 Å². The van der Waals surface area contributed by atoms with Crippen molar-refractivity contribution in [3.05, 3.63) is 51.3 Å². The number of H-pyrrole nitrogens is 1. The number of aromatic amines is 1. The van der Waals surface area contributed by atoms with E-state index in [1.165, 1.54) is 17.2 Å². The molecule has 0 unspecified atom stereocenters. The predicted octanol–water partition coefficient (Wildman–Crippen LogP) is 2.25. The maximum atomic E-state index is 13.4. The van der Waals surface area contributed by atoms with Gasteiger partial charge in [-0.1, -0.05) is 11.6 Å². The second-order valence-electron chi connectivity index (χ2n) is 5.93. The fourth-order valence-electron chi connectivity index (χ4n) is 2.89. The molecule has 13 heteroatoms. The Hall–Kier alpha value is -3.02. The number of hydrogen-bond acceptors (Lipinski definition) is 6. The van der Waals surface area contributed by atoms with Gasteiger partial charge < -0.3 is 14.5 Å². The third-order valence-electron chi connectivity index (χ3n) is 4.15. The molecule has 0 saturated heterocycles. The molecule has 0 aromatic carbocycles. The minimum absolute atomic E-state index is 0.0497. The zero-order valence-corrected chi connectivity index (χ0v) is 14.6. The summed E-state index contributed by atoms with van der Waals surface area (Å²) < 4.78 is 53.2. The summed E-state index contributed by atoms with van der Waals surface area (Å²) >= 11 is 6.06. The highest BCUT2D eigenvalue weighted by atomic mass is 35.5. The van der Waals surface area contributed by atoms with Crippen LogP contribution in [0.5, 0.6) is 0 Å². The molecule has 1 aliphatic heterocycles. The van der Waals surface area contributed by atoms with Gasteiger partial charge in [-0.25, -0.2) is 9.97 Å². The first-order valence-electron chi connectivity index (χ1n) is 7.90. The number of alkyl halides is 3. The van der Waals surface area contributed by atoms with Crippen LogP contribution in [0.3, 0.4) is 0 Å². The number of halogens is 5. The van der Waals surface area contributed by atoms with Gasteiger partial charge in [0.1, 0.15) is 10.8 Å². The number of anilines is 1. The molecule has 0 bridgehead atoms. The normalized spacial score (nSPS) is 14.2. The van der Waals surface area contributed by atoms with Crippen LogP contribution in [0.15, 0.2) is 23.1 Å². The van der Waals surface area contributed by atoms with E-state index in [2.05, 4.69) is 25.1 Å². The monoisotopic (exact) mass is 415 g/mol. The molecule has 146 valence electrons. The quantitative estimate of drug-likeness (QED) is 0.510. The van der Waals surface area contributed by atoms with Crippen LogP contribution in [0.2, 0.25) is 5.02 Å². The summed E-state index contributed by atoms with van der Waals surface area (Å²) in [5.74, 6) is -1.68. The van der Waals surface area contributed by atoms with Crippen LogP contribution in [-0.4, -0.2) is 36.3 Å². The lowest BCUT2D eigenvalue weighted by Crippen LogP contribution is -2.37. The first-order chi connectivity index (χ1) is 13.2. The lowest BCUT2D eigenvalue weighted by Gasteiger charge is -2.29. The highest BCUT2D eigenvalue weighted by Crippen LogP contribution is 2.31. The summed E-state index contributed by atoms with van der Waals surface area (Å²) in [4.78, 5) is 23.8. The number of fused-ring (bicyclic) bond motifs is 1. The summed E-state index contributed by atoms with van der Waals surface area (Å²) in [7, 11) is 0. The van der Waals surface area contributed by atoms with Gasteiger partial charge >= 0.3 is 6.18 Å². The van der Waals surface area contributed by atoms with E-state index in [4.69, 9.17) is 11.6 Å². The first kappa shape index (κ1) is 18.3. The summed E-state index contributed by atoms with van der Waals surface area (Å²) in [5.41, 5.74) is -0.399. The molecule has 0 fully saturated rings. The van der Waals surface area contributed by atoms with E-state index in [0.29, 0.717) is 0 Å². The molecule has 1 aliphatic rings. The van der Waals surface area contributed by atoms with Gasteiger partial charge in [-0.2, -0.15) is 17.6 Å². The minimum Gasteiger partial charge on any atom is -0.346 e. The second kappa shape index (κ2) is 6.55. The first-order valence-corrected chi connectivity index (χ1v) is 8.28. The van der Waals surface area contributed by atoms with Gasteiger partial charge in [-0.15, -0.1) is 10.2 Å². The Morgan fingerprint density at radius 1 is 1.21 bits per heavy atom. The van der Waals surface area contributed by atoms with Crippen molar-refractivity contribution in [3.63, 3.8) is 0 Å². The molecule has 4 heterocycles. The maximum Gasteiger partial charge on any atom is 0.451 e. The van der Waals surface area contributed by atoms with Crippen LogP contribution in [0.25, 0.3) is 11.4 Å². The molecule has 4 rings (SSSR count). The summed E-state index contributed by atoms with van der Waals surface area (Å²) in [5, 5.41) is 6.55. The Kier molecular flexibility index (Phi) is 4.29. The number of hydrogen-bond donors (Lipinski definition) is 1. The zero-order valence-electron chi connectivity index (χ0n) is 13.8. The predicted molar refractivity (Wildman–Crippen MR) is 89.1 cm³/mol. The van der Waals surface area contributed by atoms with Crippen molar-refractivity contribution in [2.75, 3.05) is 11.4 Å². The average Bonchev–Trinajstić information content (AvgIpc) is 3.07. The highest BCUT2D eigenvalue weighted by Gasteiger charge is 2.39. The molecular formula is C15H10ClF4N7O. The van der Waals surface area contributed by atoms with E-state index >= 15 is 0 Å². The topological polar surface area (TPSA) is 92.6 Å².